The Morgan fingerprint density at radius 2 is 2.17 bits per heavy atom. The number of amides is 1. The number of rotatable bonds is 3. The van der Waals surface area contributed by atoms with E-state index in [0.29, 0.717) is 18.7 Å². The van der Waals surface area contributed by atoms with Crippen molar-refractivity contribution in [2.75, 3.05) is 23.8 Å². The van der Waals surface area contributed by atoms with Crippen LogP contribution >= 0.6 is 0 Å². The fourth-order valence-electron chi connectivity index (χ4n) is 2.95. The average molecular weight is 246 g/mol. The molecule has 0 bridgehead atoms. The van der Waals surface area contributed by atoms with E-state index in [4.69, 9.17) is 5.73 Å². The van der Waals surface area contributed by atoms with E-state index in [1.54, 1.807) is 0 Å². The molecule has 1 aromatic rings. The molecule has 1 aromatic carbocycles. The SMILES string of the molecule is Nc1ccc2c(c1)CC(=O)N2CC1(CO)CCC1. The van der Waals surface area contributed by atoms with Crippen LogP contribution in [0.3, 0.4) is 0 Å². The van der Waals surface area contributed by atoms with Crippen molar-refractivity contribution in [3.63, 3.8) is 0 Å². The van der Waals surface area contributed by atoms with Crippen molar-refractivity contribution in [1.82, 2.24) is 0 Å². The molecule has 1 fully saturated rings. The third-order valence-electron chi connectivity index (χ3n) is 4.28. The summed E-state index contributed by atoms with van der Waals surface area (Å²) in [5.74, 6) is 0.121. The molecule has 1 amide bonds. The molecule has 2 aliphatic rings. The van der Waals surface area contributed by atoms with Gasteiger partial charge in [-0.25, -0.2) is 0 Å². The fourth-order valence-corrected chi connectivity index (χ4v) is 2.95. The number of nitrogens with two attached hydrogens (primary N) is 1. The van der Waals surface area contributed by atoms with Crippen molar-refractivity contribution >= 4 is 17.3 Å². The van der Waals surface area contributed by atoms with Gasteiger partial charge in [0.15, 0.2) is 0 Å². The van der Waals surface area contributed by atoms with Crippen LogP contribution < -0.4 is 10.6 Å². The van der Waals surface area contributed by atoms with Gasteiger partial charge in [0.2, 0.25) is 5.91 Å². The summed E-state index contributed by atoms with van der Waals surface area (Å²) in [6.07, 6.45) is 3.61. The maximum Gasteiger partial charge on any atom is 0.231 e. The molecule has 0 saturated heterocycles. The molecule has 1 aliphatic carbocycles. The molecule has 18 heavy (non-hydrogen) atoms. The number of fused-ring (bicyclic) bond motifs is 1. The second-order valence-electron chi connectivity index (χ2n) is 5.56. The Morgan fingerprint density at radius 1 is 1.39 bits per heavy atom. The Kier molecular flexibility index (Phi) is 2.55. The lowest BCUT2D eigenvalue weighted by Crippen LogP contribution is -2.46. The number of aliphatic hydroxyl groups excluding tert-OH is 1. The number of carbonyl (C=O) groups excluding carboxylic acids is 1. The van der Waals surface area contributed by atoms with Crippen LogP contribution in [0.15, 0.2) is 18.2 Å². The van der Waals surface area contributed by atoms with Crippen LogP contribution in [0, 0.1) is 5.41 Å². The molecule has 1 heterocycles. The number of anilines is 2. The standard InChI is InChI=1S/C14H18N2O2/c15-11-2-3-12-10(6-11)7-13(18)16(12)8-14(9-17)4-1-5-14/h2-3,6,17H,1,4-5,7-9,15H2. The minimum atomic E-state index is -0.0708. The Morgan fingerprint density at radius 3 is 2.78 bits per heavy atom. The second kappa shape index (κ2) is 3.99. The van der Waals surface area contributed by atoms with Gasteiger partial charge >= 0.3 is 0 Å². The van der Waals surface area contributed by atoms with E-state index in [-0.39, 0.29) is 17.9 Å². The summed E-state index contributed by atoms with van der Waals surface area (Å²) in [5, 5.41) is 9.52. The molecule has 96 valence electrons. The van der Waals surface area contributed by atoms with Gasteiger partial charge in [-0.2, -0.15) is 0 Å². The Balaban J connectivity index is 1.87. The van der Waals surface area contributed by atoms with Crippen molar-refractivity contribution in [2.24, 2.45) is 5.41 Å². The maximum atomic E-state index is 12.1. The highest BCUT2D eigenvalue weighted by Gasteiger charge is 2.41. The second-order valence-corrected chi connectivity index (χ2v) is 5.56. The van der Waals surface area contributed by atoms with Gasteiger partial charge in [0.05, 0.1) is 13.0 Å². The van der Waals surface area contributed by atoms with Gasteiger partial charge in [-0.05, 0) is 36.6 Å². The van der Waals surface area contributed by atoms with E-state index in [0.717, 1.165) is 30.5 Å². The topological polar surface area (TPSA) is 66.6 Å². The first-order valence-corrected chi connectivity index (χ1v) is 6.43. The average Bonchev–Trinajstić information content (AvgIpc) is 2.59. The Labute approximate surface area is 106 Å². The number of hydrogen-bond acceptors (Lipinski definition) is 3. The van der Waals surface area contributed by atoms with Crippen molar-refractivity contribution in [3.8, 4) is 0 Å². The van der Waals surface area contributed by atoms with Gasteiger partial charge < -0.3 is 15.7 Å². The number of benzene rings is 1. The van der Waals surface area contributed by atoms with E-state index in [2.05, 4.69) is 0 Å². The quantitative estimate of drug-likeness (QED) is 0.790. The molecule has 4 heteroatoms. The highest BCUT2D eigenvalue weighted by molar-refractivity contribution is 6.01. The molecule has 3 rings (SSSR count). The van der Waals surface area contributed by atoms with Crippen molar-refractivity contribution in [3.05, 3.63) is 23.8 Å². The zero-order chi connectivity index (χ0) is 12.8. The monoisotopic (exact) mass is 246 g/mol. The zero-order valence-corrected chi connectivity index (χ0v) is 10.4. The number of hydrogen-bond donors (Lipinski definition) is 2. The first-order chi connectivity index (χ1) is 8.63. The molecule has 1 aliphatic heterocycles. The van der Waals surface area contributed by atoms with E-state index in [1.807, 2.05) is 23.1 Å². The molecule has 0 aromatic heterocycles. The molecule has 0 spiro atoms. The summed E-state index contributed by atoms with van der Waals surface area (Å²) in [7, 11) is 0. The molecule has 3 N–H and O–H groups in total. The molecule has 0 radical (unpaired) electrons. The lowest BCUT2D eigenvalue weighted by atomic mass is 9.69. The van der Waals surface area contributed by atoms with Crippen molar-refractivity contribution < 1.29 is 9.90 Å². The van der Waals surface area contributed by atoms with Crippen molar-refractivity contribution in [1.29, 1.82) is 0 Å². The van der Waals surface area contributed by atoms with E-state index in [1.165, 1.54) is 0 Å². The van der Waals surface area contributed by atoms with Crippen LogP contribution in [0.25, 0.3) is 0 Å². The molecule has 0 unspecified atom stereocenters. The summed E-state index contributed by atoms with van der Waals surface area (Å²) < 4.78 is 0. The van der Waals surface area contributed by atoms with Crippen LogP contribution in [-0.2, 0) is 11.2 Å². The summed E-state index contributed by atoms with van der Waals surface area (Å²) in [6, 6.07) is 5.62. The lowest BCUT2D eigenvalue weighted by molar-refractivity contribution is -0.118. The summed E-state index contributed by atoms with van der Waals surface area (Å²) in [6.45, 7) is 0.806. The van der Waals surface area contributed by atoms with Crippen LogP contribution in [0.4, 0.5) is 11.4 Å². The molecular formula is C14H18N2O2. The fraction of sp³-hybridized carbons (Fsp3) is 0.500. The van der Waals surface area contributed by atoms with Gasteiger partial charge in [0.1, 0.15) is 0 Å². The van der Waals surface area contributed by atoms with E-state index < -0.39 is 0 Å². The lowest BCUT2D eigenvalue weighted by Gasteiger charge is -2.43. The van der Waals surface area contributed by atoms with E-state index in [9.17, 15) is 9.90 Å². The Bertz CT molecular complexity index is 489. The first kappa shape index (κ1) is 11.5. The molecule has 1 saturated carbocycles. The smallest absolute Gasteiger partial charge is 0.231 e. The maximum absolute atomic E-state index is 12.1. The molecule has 4 nitrogen and oxygen atoms in total. The number of carbonyl (C=O) groups is 1. The molecular weight excluding hydrogens is 228 g/mol. The van der Waals surface area contributed by atoms with E-state index >= 15 is 0 Å². The van der Waals surface area contributed by atoms with Crippen LogP contribution in [0.1, 0.15) is 24.8 Å². The zero-order valence-electron chi connectivity index (χ0n) is 10.4. The van der Waals surface area contributed by atoms with Gasteiger partial charge in [0.25, 0.3) is 0 Å². The van der Waals surface area contributed by atoms with Crippen LogP contribution in [-0.4, -0.2) is 24.2 Å². The number of aliphatic hydroxyl groups is 1. The normalized spacial score (nSPS) is 20.7. The predicted octanol–water partition coefficient (Wildman–Crippen LogP) is 1.32. The Hall–Kier alpha value is -1.55. The minimum Gasteiger partial charge on any atom is -0.399 e. The van der Waals surface area contributed by atoms with Gasteiger partial charge in [0, 0.05) is 23.3 Å². The number of nitrogens with zero attached hydrogens (tertiary/aromatic N) is 1. The summed E-state index contributed by atoms with van der Waals surface area (Å²) in [5.41, 5.74) is 8.34. The number of nitrogen functional groups attached to an aromatic ring is 1. The summed E-state index contributed by atoms with van der Waals surface area (Å²) in [4.78, 5) is 13.9. The first-order valence-electron chi connectivity index (χ1n) is 6.43. The van der Waals surface area contributed by atoms with Crippen molar-refractivity contribution in [2.45, 2.75) is 25.7 Å². The van der Waals surface area contributed by atoms with Gasteiger partial charge in [-0.1, -0.05) is 6.42 Å². The van der Waals surface area contributed by atoms with Gasteiger partial charge in [-0.3, -0.25) is 4.79 Å². The van der Waals surface area contributed by atoms with Crippen LogP contribution in [0.2, 0.25) is 0 Å². The van der Waals surface area contributed by atoms with Gasteiger partial charge in [-0.15, -0.1) is 0 Å². The minimum absolute atomic E-state index is 0.0708. The van der Waals surface area contributed by atoms with Crippen LogP contribution in [0.5, 0.6) is 0 Å². The molecule has 0 atom stereocenters. The third kappa shape index (κ3) is 1.68. The third-order valence-corrected chi connectivity index (χ3v) is 4.28. The highest BCUT2D eigenvalue weighted by Crippen LogP contribution is 2.43. The highest BCUT2D eigenvalue weighted by atomic mass is 16.3. The summed E-state index contributed by atoms with van der Waals surface area (Å²) >= 11 is 0. The predicted molar refractivity (Wildman–Crippen MR) is 70.3 cm³/mol. The largest absolute Gasteiger partial charge is 0.399 e.